The molecule has 0 amide bonds. The molecule has 2 unspecified atom stereocenters. The van der Waals surface area contributed by atoms with Crippen LogP contribution < -0.4 is 5.32 Å². The highest BCUT2D eigenvalue weighted by Gasteiger charge is 2.22. The maximum atomic E-state index is 11.2. The summed E-state index contributed by atoms with van der Waals surface area (Å²) in [5.74, 6) is 0.826. The molecule has 2 rings (SSSR count). The number of nitrogens with zero attached hydrogens (tertiary/aromatic N) is 1. The normalized spacial score (nSPS) is 23.1. The van der Waals surface area contributed by atoms with Crippen LogP contribution in [-0.4, -0.2) is 22.6 Å². The summed E-state index contributed by atoms with van der Waals surface area (Å²) in [5, 5.41) is 12.4. The maximum absolute atomic E-state index is 11.2. The van der Waals surface area contributed by atoms with Gasteiger partial charge in [0, 0.05) is 17.2 Å². The number of aromatic carboxylic acids is 1. The van der Waals surface area contributed by atoms with Crippen LogP contribution in [0.1, 0.15) is 43.0 Å². The zero-order valence-corrected chi connectivity index (χ0v) is 12.6. The van der Waals surface area contributed by atoms with E-state index in [2.05, 4.69) is 33.2 Å². The van der Waals surface area contributed by atoms with Crippen molar-refractivity contribution in [1.82, 2.24) is 4.98 Å². The Bertz CT molecular complexity index is 465. The SMILES string of the molecule is CC1CCCCC1CNc1ncc(Br)cc1C(=O)O. The first-order chi connectivity index (χ1) is 9.08. The number of aromatic nitrogens is 1. The Morgan fingerprint density at radius 3 is 2.95 bits per heavy atom. The van der Waals surface area contributed by atoms with E-state index in [0.717, 1.165) is 6.54 Å². The van der Waals surface area contributed by atoms with Crippen molar-refractivity contribution in [2.45, 2.75) is 32.6 Å². The predicted molar refractivity (Wildman–Crippen MR) is 78.5 cm³/mol. The summed E-state index contributed by atoms with van der Waals surface area (Å²) in [5.41, 5.74) is 0.220. The van der Waals surface area contributed by atoms with Gasteiger partial charge in [-0.3, -0.25) is 0 Å². The minimum absolute atomic E-state index is 0.220. The zero-order chi connectivity index (χ0) is 13.8. The minimum atomic E-state index is -0.951. The summed E-state index contributed by atoms with van der Waals surface area (Å²) >= 11 is 3.25. The molecule has 1 aliphatic carbocycles. The highest BCUT2D eigenvalue weighted by molar-refractivity contribution is 9.10. The molecule has 0 spiro atoms. The van der Waals surface area contributed by atoms with Gasteiger partial charge >= 0.3 is 5.97 Å². The predicted octanol–water partition coefficient (Wildman–Crippen LogP) is 3.78. The summed E-state index contributed by atoms with van der Waals surface area (Å²) in [6.07, 6.45) is 6.70. The Morgan fingerprint density at radius 1 is 1.53 bits per heavy atom. The second kappa shape index (κ2) is 6.37. The number of hydrogen-bond acceptors (Lipinski definition) is 3. The van der Waals surface area contributed by atoms with Crippen molar-refractivity contribution in [1.29, 1.82) is 0 Å². The molecule has 0 aliphatic heterocycles. The lowest BCUT2D eigenvalue weighted by Gasteiger charge is -2.29. The Kier molecular flexibility index (Phi) is 4.80. The lowest BCUT2D eigenvalue weighted by atomic mass is 9.80. The van der Waals surface area contributed by atoms with Crippen LogP contribution in [0.25, 0.3) is 0 Å². The van der Waals surface area contributed by atoms with Crippen molar-refractivity contribution in [2.75, 3.05) is 11.9 Å². The van der Waals surface area contributed by atoms with Crippen molar-refractivity contribution in [3.8, 4) is 0 Å². The lowest BCUT2D eigenvalue weighted by Crippen LogP contribution is -2.25. The van der Waals surface area contributed by atoms with Gasteiger partial charge < -0.3 is 10.4 Å². The molecule has 19 heavy (non-hydrogen) atoms. The van der Waals surface area contributed by atoms with Crippen LogP contribution in [0.15, 0.2) is 16.7 Å². The third-order valence-corrected chi connectivity index (χ3v) is 4.34. The number of nitrogens with one attached hydrogen (secondary N) is 1. The molecule has 2 atom stereocenters. The van der Waals surface area contributed by atoms with Crippen LogP contribution in [0.4, 0.5) is 5.82 Å². The number of carbonyl (C=O) groups is 1. The number of hydrogen-bond donors (Lipinski definition) is 2. The Morgan fingerprint density at radius 2 is 2.26 bits per heavy atom. The van der Waals surface area contributed by atoms with Crippen LogP contribution in [-0.2, 0) is 0 Å². The molecule has 1 fully saturated rings. The fourth-order valence-corrected chi connectivity index (χ4v) is 3.00. The number of pyridine rings is 1. The molecule has 1 aromatic rings. The smallest absolute Gasteiger partial charge is 0.339 e. The zero-order valence-electron chi connectivity index (χ0n) is 11.0. The number of anilines is 1. The molecular formula is C14H19BrN2O2. The van der Waals surface area contributed by atoms with Gasteiger partial charge in [-0.1, -0.05) is 26.2 Å². The summed E-state index contributed by atoms with van der Waals surface area (Å²) < 4.78 is 0.682. The third-order valence-electron chi connectivity index (χ3n) is 3.91. The minimum Gasteiger partial charge on any atom is -0.478 e. The van der Waals surface area contributed by atoms with E-state index in [1.165, 1.54) is 25.7 Å². The molecule has 0 radical (unpaired) electrons. The Hall–Kier alpha value is -1.10. The van der Waals surface area contributed by atoms with E-state index < -0.39 is 5.97 Å². The standard InChI is InChI=1S/C14H19BrN2O2/c1-9-4-2-3-5-10(9)7-16-13-12(14(18)19)6-11(15)8-17-13/h6,8-10H,2-5,7H2,1H3,(H,16,17)(H,18,19). The fourth-order valence-electron chi connectivity index (χ4n) is 2.67. The van der Waals surface area contributed by atoms with Gasteiger partial charge in [-0.2, -0.15) is 0 Å². The van der Waals surface area contributed by atoms with Gasteiger partial charge in [0.05, 0.1) is 0 Å². The van der Waals surface area contributed by atoms with Gasteiger partial charge in [-0.25, -0.2) is 9.78 Å². The van der Waals surface area contributed by atoms with Crippen molar-refractivity contribution < 1.29 is 9.90 Å². The third kappa shape index (κ3) is 3.69. The van der Waals surface area contributed by atoms with Crippen LogP contribution >= 0.6 is 15.9 Å². The quantitative estimate of drug-likeness (QED) is 0.883. The second-order valence-corrected chi connectivity index (χ2v) is 6.17. The molecule has 0 aromatic carbocycles. The van der Waals surface area contributed by atoms with Gasteiger partial charge in [0.25, 0.3) is 0 Å². The summed E-state index contributed by atoms with van der Waals surface area (Å²) in [4.78, 5) is 15.4. The Balaban J connectivity index is 2.04. The van der Waals surface area contributed by atoms with Crippen molar-refractivity contribution >= 4 is 27.7 Å². The summed E-state index contributed by atoms with van der Waals surface area (Å²) in [6, 6.07) is 1.59. The summed E-state index contributed by atoms with van der Waals surface area (Å²) in [7, 11) is 0. The van der Waals surface area contributed by atoms with Crippen LogP contribution in [0, 0.1) is 11.8 Å². The van der Waals surface area contributed by atoms with Crippen molar-refractivity contribution in [3.63, 3.8) is 0 Å². The van der Waals surface area contributed by atoms with Gasteiger partial charge in [0.15, 0.2) is 0 Å². The lowest BCUT2D eigenvalue weighted by molar-refractivity contribution is 0.0697. The highest BCUT2D eigenvalue weighted by Crippen LogP contribution is 2.30. The van der Waals surface area contributed by atoms with E-state index in [0.29, 0.717) is 22.1 Å². The van der Waals surface area contributed by atoms with E-state index in [4.69, 9.17) is 0 Å². The number of carboxylic acids is 1. The van der Waals surface area contributed by atoms with E-state index >= 15 is 0 Å². The van der Waals surface area contributed by atoms with E-state index in [1.807, 2.05) is 0 Å². The van der Waals surface area contributed by atoms with Gasteiger partial charge in [0.1, 0.15) is 11.4 Å². The van der Waals surface area contributed by atoms with E-state index in [-0.39, 0.29) is 5.56 Å². The fraction of sp³-hybridized carbons (Fsp3) is 0.571. The molecule has 4 nitrogen and oxygen atoms in total. The maximum Gasteiger partial charge on any atom is 0.339 e. The molecule has 104 valence electrons. The highest BCUT2D eigenvalue weighted by atomic mass is 79.9. The number of carboxylic acid groups (broad SMARTS) is 1. The number of halogens is 1. The summed E-state index contributed by atoms with van der Waals surface area (Å²) in [6.45, 7) is 3.08. The van der Waals surface area contributed by atoms with Crippen LogP contribution in [0.5, 0.6) is 0 Å². The van der Waals surface area contributed by atoms with Gasteiger partial charge in [-0.15, -0.1) is 0 Å². The average molecular weight is 327 g/mol. The molecule has 0 saturated heterocycles. The first-order valence-electron chi connectivity index (χ1n) is 6.70. The molecular weight excluding hydrogens is 308 g/mol. The van der Waals surface area contributed by atoms with Crippen molar-refractivity contribution in [2.24, 2.45) is 11.8 Å². The Labute approximate surface area is 121 Å². The molecule has 1 saturated carbocycles. The molecule has 1 aliphatic rings. The molecule has 2 N–H and O–H groups in total. The average Bonchev–Trinajstić information content (AvgIpc) is 2.38. The molecule has 0 bridgehead atoms. The molecule has 1 aromatic heterocycles. The second-order valence-electron chi connectivity index (χ2n) is 5.26. The van der Waals surface area contributed by atoms with Gasteiger partial charge in [-0.05, 0) is 40.3 Å². The number of rotatable bonds is 4. The van der Waals surface area contributed by atoms with E-state index in [9.17, 15) is 9.90 Å². The largest absolute Gasteiger partial charge is 0.478 e. The van der Waals surface area contributed by atoms with Gasteiger partial charge in [0.2, 0.25) is 0 Å². The monoisotopic (exact) mass is 326 g/mol. The van der Waals surface area contributed by atoms with Crippen LogP contribution in [0.2, 0.25) is 0 Å². The first-order valence-corrected chi connectivity index (χ1v) is 7.50. The molecule has 1 heterocycles. The topological polar surface area (TPSA) is 62.2 Å². The van der Waals surface area contributed by atoms with Crippen LogP contribution in [0.3, 0.4) is 0 Å². The van der Waals surface area contributed by atoms with E-state index in [1.54, 1.807) is 12.3 Å². The van der Waals surface area contributed by atoms with Crippen molar-refractivity contribution in [3.05, 3.63) is 22.3 Å². The molecule has 5 heteroatoms. The first kappa shape index (κ1) is 14.3.